The van der Waals surface area contributed by atoms with E-state index in [2.05, 4.69) is 0 Å². The number of carbonyl (C=O) groups is 1. The van der Waals surface area contributed by atoms with Crippen molar-refractivity contribution in [2.24, 2.45) is 0 Å². The number of amides is 1. The second-order valence-corrected chi connectivity index (χ2v) is 8.59. The summed E-state index contributed by atoms with van der Waals surface area (Å²) in [7, 11) is -1.83. The molecular formula is C20H23NO4S. The maximum atomic E-state index is 12.7. The van der Waals surface area contributed by atoms with Gasteiger partial charge in [-0.3, -0.25) is 4.79 Å². The zero-order valence-electron chi connectivity index (χ0n) is 14.8. The van der Waals surface area contributed by atoms with Crippen LogP contribution in [0.25, 0.3) is 0 Å². The molecule has 0 aliphatic heterocycles. The van der Waals surface area contributed by atoms with E-state index in [1.54, 1.807) is 37.4 Å². The number of nitrogens with zero attached hydrogens (tertiary/aromatic N) is 1. The van der Waals surface area contributed by atoms with Gasteiger partial charge < -0.3 is 9.64 Å². The van der Waals surface area contributed by atoms with Gasteiger partial charge in [-0.2, -0.15) is 0 Å². The highest BCUT2D eigenvalue weighted by Gasteiger charge is 2.33. The second-order valence-electron chi connectivity index (χ2n) is 6.48. The van der Waals surface area contributed by atoms with Crippen LogP contribution in [0, 0.1) is 0 Å². The van der Waals surface area contributed by atoms with Crippen molar-refractivity contribution in [3.63, 3.8) is 0 Å². The Morgan fingerprint density at radius 3 is 2.31 bits per heavy atom. The average Bonchev–Trinajstić information content (AvgIpc) is 3.50. The highest BCUT2D eigenvalue weighted by atomic mass is 32.2. The Balaban J connectivity index is 1.64. The molecule has 0 spiro atoms. The van der Waals surface area contributed by atoms with Gasteiger partial charge in [-0.25, -0.2) is 8.42 Å². The molecule has 0 radical (unpaired) electrons. The molecule has 1 saturated carbocycles. The highest BCUT2D eigenvalue weighted by Crippen LogP contribution is 2.29. The summed E-state index contributed by atoms with van der Waals surface area (Å²) in [6, 6.07) is 16.1. The first kappa shape index (κ1) is 18.5. The SMILES string of the molecule is COc1ccc(CN(C(=O)CCS(=O)(=O)c2ccccc2)C2CC2)cc1. The minimum atomic E-state index is -3.44. The van der Waals surface area contributed by atoms with Gasteiger partial charge in [0.25, 0.3) is 0 Å². The summed E-state index contributed by atoms with van der Waals surface area (Å²) in [5.41, 5.74) is 1.01. The Bertz CT molecular complexity index is 843. The van der Waals surface area contributed by atoms with Crippen LogP contribution in [0.5, 0.6) is 5.75 Å². The Kier molecular flexibility index (Phi) is 5.61. The Hall–Kier alpha value is -2.34. The molecule has 5 nitrogen and oxygen atoms in total. The molecule has 138 valence electrons. The van der Waals surface area contributed by atoms with E-state index < -0.39 is 9.84 Å². The van der Waals surface area contributed by atoms with Crippen molar-refractivity contribution in [2.45, 2.75) is 36.7 Å². The molecule has 2 aromatic carbocycles. The van der Waals surface area contributed by atoms with Crippen molar-refractivity contribution in [3.8, 4) is 5.75 Å². The lowest BCUT2D eigenvalue weighted by molar-refractivity contribution is -0.132. The summed E-state index contributed by atoms with van der Waals surface area (Å²) in [6.45, 7) is 0.499. The molecule has 1 fully saturated rings. The molecule has 1 amide bonds. The topological polar surface area (TPSA) is 63.7 Å². The molecule has 2 aromatic rings. The predicted octanol–water partition coefficient (Wildman–Crippen LogP) is 3.05. The van der Waals surface area contributed by atoms with Crippen LogP contribution in [0.2, 0.25) is 0 Å². The van der Waals surface area contributed by atoms with Crippen molar-refractivity contribution >= 4 is 15.7 Å². The number of sulfone groups is 1. The lowest BCUT2D eigenvalue weighted by Gasteiger charge is -2.23. The third kappa shape index (κ3) is 4.64. The van der Waals surface area contributed by atoms with Gasteiger partial charge in [-0.15, -0.1) is 0 Å². The van der Waals surface area contributed by atoms with Gasteiger partial charge in [0.05, 0.1) is 17.8 Å². The Morgan fingerprint density at radius 1 is 1.08 bits per heavy atom. The predicted molar refractivity (Wildman–Crippen MR) is 99.7 cm³/mol. The first-order valence-electron chi connectivity index (χ1n) is 8.70. The van der Waals surface area contributed by atoms with E-state index in [0.29, 0.717) is 6.54 Å². The number of ether oxygens (including phenoxy) is 1. The van der Waals surface area contributed by atoms with Crippen LogP contribution in [-0.4, -0.2) is 38.1 Å². The quantitative estimate of drug-likeness (QED) is 0.713. The minimum Gasteiger partial charge on any atom is -0.497 e. The summed E-state index contributed by atoms with van der Waals surface area (Å²) in [6.07, 6.45) is 1.96. The summed E-state index contributed by atoms with van der Waals surface area (Å²) in [5, 5.41) is 0. The Morgan fingerprint density at radius 2 is 1.73 bits per heavy atom. The van der Waals surface area contributed by atoms with Crippen LogP contribution in [0.1, 0.15) is 24.8 Å². The van der Waals surface area contributed by atoms with Gasteiger partial charge in [-0.1, -0.05) is 30.3 Å². The van der Waals surface area contributed by atoms with Gasteiger partial charge in [0, 0.05) is 19.0 Å². The number of carbonyl (C=O) groups excluding carboxylic acids is 1. The van der Waals surface area contributed by atoms with E-state index >= 15 is 0 Å². The number of methoxy groups -OCH3 is 1. The zero-order valence-corrected chi connectivity index (χ0v) is 15.6. The van der Waals surface area contributed by atoms with E-state index in [1.807, 2.05) is 29.2 Å². The van der Waals surface area contributed by atoms with Gasteiger partial charge in [-0.05, 0) is 42.7 Å². The molecule has 0 atom stereocenters. The summed E-state index contributed by atoms with van der Waals surface area (Å²) >= 11 is 0. The molecular weight excluding hydrogens is 350 g/mol. The fourth-order valence-electron chi connectivity index (χ4n) is 2.85. The smallest absolute Gasteiger partial charge is 0.224 e. The largest absolute Gasteiger partial charge is 0.497 e. The monoisotopic (exact) mass is 373 g/mol. The first-order chi connectivity index (χ1) is 12.5. The summed E-state index contributed by atoms with van der Waals surface area (Å²) < 4.78 is 29.9. The molecule has 26 heavy (non-hydrogen) atoms. The molecule has 0 saturated heterocycles. The van der Waals surface area contributed by atoms with Crippen molar-refractivity contribution in [2.75, 3.05) is 12.9 Å². The van der Waals surface area contributed by atoms with Crippen LogP contribution in [0.4, 0.5) is 0 Å². The lowest BCUT2D eigenvalue weighted by Crippen LogP contribution is -2.33. The normalized spacial score (nSPS) is 14.0. The number of hydrogen-bond donors (Lipinski definition) is 0. The van der Waals surface area contributed by atoms with Crippen molar-refractivity contribution in [1.29, 1.82) is 0 Å². The van der Waals surface area contributed by atoms with Crippen LogP contribution < -0.4 is 4.74 Å². The maximum Gasteiger partial charge on any atom is 0.224 e. The lowest BCUT2D eigenvalue weighted by atomic mass is 10.2. The average molecular weight is 373 g/mol. The maximum absolute atomic E-state index is 12.7. The van der Waals surface area contributed by atoms with Crippen LogP contribution >= 0.6 is 0 Å². The molecule has 0 bridgehead atoms. The van der Waals surface area contributed by atoms with Gasteiger partial charge in [0.2, 0.25) is 5.91 Å². The summed E-state index contributed by atoms with van der Waals surface area (Å²) in [4.78, 5) is 14.7. The molecule has 0 N–H and O–H groups in total. The van der Waals surface area contributed by atoms with Crippen LogP contribution in [-0.2, 0) is 21.2 Å². The van der Waals surface area contributed by atoms with E-state index in [1.165, 1.54) is 0 Å². The third-order valence-corrected chi connectivity index (χ3v) is 6.24. The van der Waals surface area contributed by atoms with Crippen molar-refractivity contribution < 1.29 is 17.9 Å². The van der Waals surface area contributed by atoms with E-state index in [-0.39, 0.29) is 29.0 Å². The third-order valence-electron chi connectivity index (χ3n) is 4.51. The Labute approximate surface area is 154 Å². The molecule has 0 heterocycles. The molecule has 0 unspecified atom stereocenters. The van der Waals surface area contributed by atoms with Gasteiger partial charge >= 0.3 is 0 Å². The van der Waals surface area contributed by atoms with Crippen molar-refractivity contribution in [1.82, 2.24) is 4.90 Å². The van der Waals surface area contributed by atoms with Crippen LogP contribution in [0.15, 0.2) is 59.5 Å². The number of hydrogen-bond acceptors (Lipinski definition) is 4. The van der Waals surface area contributed by atoms with Gasteiger partial charge in [0.1, 0.15) is 5.75 Å². The second kappa shape index (κ2) is 7.91. The van der Waals surface area contributed by atoms with Gasteiger partial charge in [0.15, 0.2) is 9.84 Å². The molecule has 1 aliphatic carbocycles. The van der Waals surface area contributed by atoms with Crippen LogP contribution in [0.3, 0.4) is 0 Å². The fourth-order valence-corrected chi connectivity index (χ4v) is 4.10. The fraction of sp³-hybridized carbons (Fsp3) is 0.350. The molecule has 3 rings (SSSR count). The van der Waals surface area contributed by atoms with Crippen molar-refractivity contribution in [3.05, 3.63) is 60.2 Å². The summed E-state index contributed by atoms with van der Waals surface area (Å²) in [5.74, 6) is 0.497. The standard InChI is InChI=1S/C20H23NO4S/c1-25-18-11-7-16(8-12-18)15-21(17-9-10-17)20(22)13-14-26(23,24)19-5-3-2-4-6-19/h2-8,11-12,17H,9-10,13-15H2,1H3. The highest BCUT2D eigenvalue weighted by molar-refractivity contribution is 7.91. The first-order valence-corrected chi connectivity index (χ1v) is 10.3. The van der Waals surface area contributed by atoms with E-state index in [9.17, 15) is 13.2 Å². The number of rotatable bonds is 8. The molecule has 0 aromatic heterocycles. The zero-order chi connectivity index (χ0) is 18.6. The number of benzene rings is 2. The molecule has 6 heteroatoms. The van der Waals surface area contributed by atoms with E-state index in [4.69, 9.17) is 4.74 Å². The minimum absolute atomic E-state index is 0.00385. The van der Waals surface area contributed by atoms with E-state index in [0.717, 1.165) is 24.2 Å². The molecule has 1 aliphatic rings.